The first-order valence-electron chi connectivity index (χ1n) is 7.95. The third kappa shape index (κ3) is 3.65. The number of nitrogens with two attached hydrogens (primary N) is 1. The van der Waals surface area contributed by atoms with E-state index >= 15 is 0 Å². The second kappa shape index (κ2) is 7.34. The van der Waals surface area contributed by atoms with Gasteiger partial charge in [0.25, 0.3) is 0 Å². The van der Waals surface area contributed by atoms with Crippen LogP contribution in [-0.4, -0.2) is 37.7 Å². The van der Waals surface area contributed by atoms with Gasteiger partial charge in [-0.15, -0.1) is 0 Å². The summed E-state index contributed by atoms with van der Waals surface area (Å²) in [5.74, 6) is -2.66. The summed E-state index contributed by atoms with van der Waals surface area (Å²) in [5.41, 5.74) is 3.39. The maximum absolute atomic E-state index is 12.9. The van der Waals surface area contributed by atoms with Crippen LogP contribution in [0.1, 0.15) is 11.1 Å². The van der Waals surface area contributed by atoms with Crippen LogP contribution in [0, 0.1) is 0 Å². The lowest BCUT2D eigenvalue weighted by atomic mass is 9.65. The fraction of sp³-hybridized carbons (Fsp3) is 0.118. The zero-order valence-electron chi connectivity index (χ0n) is 14.6. The summed E-state index contributed by atoms with van der Waals surface area (Å²) in [6.07, 6.45) is 0. The summed E-state index contributed by atoms with van der Waals surface area (Å²) in [6.45, 7) is 0. The zero-order chi connectivity index (χ0) is 21.6. The highest BCUT2D eigenvalue weighted by Crippen LogP contribution is 2.41. The van der Waals surface area contributed by atoms with Crippen molar-refractivity contribution in [3.05, 3.63) is 81.3 Å². The molecule has 1 atom stereocenters. The molecule has 0 fully saturated rings. The van der Waals surface area contributed by atoms with Crippen molar-refractivity contribution < 1.29 is 22.1 Å². The van der Waals surface area contributed by atoms with Crippen molar-refractivity contribution in [3.8, 4) is 0 Å². The molecule has 6 radical (unpaired) electrons. The quantitative estimate of drug-likeness (QED) is 0.556. The van der Waals surface area contributed by atoms with Crippen molar-refractivity contribution in [3.63, 3.8) is 0 Å². The van der Waals surface area contributed by atoms with Crippen LogP contribution in [0.5, 0.6) is 0 Å². The predicted octanol–water partition coefficient (Wildman–Crippen LogP) is 1.54. The van der Waals surface area contributed by atoms with Gasteiger partial charge in [0.15, 0.2) is 5.50 Å². The molecule has 0 unspecified atom stereocenters. The molecular formula is C17H10B3Cl2NO5S. The number of carbonyl (C=O) groups is 1. The van der Waals surface area contributed by atoms with Crippen molar-refractivity contribution >= 4 is 62.6 Å². The molecule has 0 amide bonds. The third-order valence-corrected chi connectivity index (χ3v) is 6.21. The Hall–Kier alpha value is -2.03. The van der Waals surface area contributed by atoms with Crippen LogP contribution in [-0.2, 0) is 33.9 Å². The largest absolute Gasteiger partial charge is 0.467 e. The number of Topliss-reactive ketones (excluding diaryl/α,β-unsaturated/α-hetero) is 1. The van der Waals surface area contributed by atoms with Gasteiger partial charge >= 0.3 is 10.1 Å². The summed E-state index contributed by atoms with van der Waals surface area (Å²) >= 11 is 12.0. The number of rotatable bonds is 5. The molecule has 1 heterocycles. The predicted molar refractivity (Wildman–Crippen MR) is 111 cm³/mol. The van der Waals surface area contributed by atoms with E-state index in [0.717, 1.165) is 0 Å². The summed E-state index contributed by atoms with van der Waals surface area (Å²) < 4.78 is 33.0. The minimum Gasteiger partial charge on any atom is -0.467 e. The minimum absolute atomic E-state index is 0.0161. The molecular weight excluding hydrogens is 434 g/mol. The average Bonchev–Trinajstić information content (AvgIpc) is 2.88. The maximum Gasteiger partial charge on any atom is 0.302 e. The first-order chi connectivity index (χ1) is 13.4. The number of ether oxygens (including phenoxy) is 1. The van der Waals surface area contributed by atoms with Crippen molar-refractivity contribution in [1.82, 2.24) is 0 Å². The Morgan fingerprint density at radius 2 is 1.72 bits per heavy atom. The van der Waals surface area contributed by atoms with Gasteiger partial charge in [0.05, 0.1) is 20.2 Å². The maximum atomic E-state index is 12.9. The van der Waals surface area contributed by atoms with Gasteiger partial charge in [-0.05, 0) is 23.8 Å². The van der Waals surface area contributed by atoms with Crippen LogP contribution >= 0.6 is 23.2 Å². The number of benzene rings is 2. The van der Waals surface area contributed by atoms with Gasteiger partial charge in [-0.25, -0.2) is 0 Å². The summed E-state index contributed by atoms with van der Waals surface area (Å²) in [6, 6.07) is 11.6. The summed E-state index contributed by atoms with van der Waals surface area (Å²) in [5, 5.41) is 0.247. The Morgan fingerprint density at radius 3 is 2.34 bits per heavy atom. The Labute approximate surface area is 181 Å². The lowest BCUT2D eigenvalue weighted by Gasteiger charge is -2.27. The van der Waals surface area contributed by atoms with Gasteiger partial charge < -0.3 is 14.7 Å². The third-order valence-electron chi connectivity index (χ3n) is 4.20. The first-order valence-corrected chi connectivity index (χ1v) is 10.1. The molecule has 142 valence electrons. The van der Waals surface area contributed by atoms with Gasteiger partial charge in [0.2, 0.25) is 17.4 Å². The number of carbonyl (C=O) groups excluding carboxylic acids is 1. The van der Waals surface area contributed by atoms with E-state index in [2.05, 4.69) is 0 Å². The van der Waals surface area contributed by atoms with Crippen LogP contribution in [0.4, 0.5) is 0 Å². The number of hydrogen-bond acceptors (Lipinski definition) is 6. The molecule has 2 N–H and O–H groups in total. The van der Waals surface area contributed by atoms with E-state index in [1.807, 2.05) is 0 Å². The molecule has 2 aromatic carbocycles. The highest BCUT2D eigenvalue weighted by atomic mass is 35.5. The molecule has 29 heavy (non-hydrogen) atoms. The SMILES string of the molecule is [B]C([B])(c1ccccc1)S(=O)(=O)OC1=C(N)O[C@@]([B])(c2cc(Cl)ccc2Cl)C1=O. The van der Waals surface area contributed by atoms with Gasteiger partial charge in [0, 0.05) is 15.6 Å². The van der Waals surface area contributed by atoms with E-state index in [-0.39, 0.29) is 21.2 Å². The van der Waals surface area contributed by atoms with Crippen LogP contribution in [0.25, 0.3) is 0 Å². The van der Waals surface area contributed by atoms with Gasteiger partial charge in [-0.1, -0.05) is 53.5 Å². The van der Waals surface area contributed by atoms with E-state index in [1.165, 1.54) is 42.5 Å². The van der Waals surface area contributed by atoms with Crippen LogP contribution in [0.15, 0.2) is 60.2 Å². The second-order valence-electron chi connectivity index (χ2n) is 6.18. The van der Waals surface area contributed by atoms with Crippen molar-refractivity contribution in [2.24, 2.45) is 5.73 Å². The normalized spacial score (nSPS) is 19.9. The Kier molecular flexibility index (Phi) is 5.49. The fourth-order valence-electron chi connectivity index (χ4n) is 2.61. The Bertz CT molecular complexity index is 1130. The molecule has 6 nitrogen and oxygen atoms in total. The molecule has 0 aliphatic carbocycles. The molecule has 2 aromatic rings. The molecule has 0 bridgehead atoms. The van der Waals surface area contributed by atoms with E-state index < -0.39 is 37.6 Å². The Morgan fingerprint density at radius 1 is 1.10 bits per heavy atom. The lowest BCUT2D eigenvalue weighted by molar-refractivity contribution is -0.126. The summed E-state index contributed by atoms with van der Waals surface area (Å²) in [7, 11) is 12.8. The van der Waals surface area contributed by atoms with Crippen molar-refractivity contribution in [2.45, 2.75) is 10.0 Å². The standard InChI is InChI=1S/C17H10B3Cl2NO5S/c18-16(11-8-10(21)6-7-12(11)22)14(24)13(15(23)27-16)28-29(25,26)17(19,20)9-4-2-1-3-5-9/h1-8H,23H2/t16-/m0/s1. The molecule has 3 rings (SSSR count). The Balaban J connectivity index is 1.97. The van der Waals surface area contributed by atoms with Crippen molar-refractivity contribution in [2.75, 3.05) is 0 Å². The van der Waals surface area contributed by atoms with E-state index in [1.54, 1.807) is 6.07 Å². The molecule has 1 aliphatic rings. The van der Waals surface area contributed by atoms with Gasteiger partial charge in [-0.3, -0.25) is 4.79 Å². The topological polar surface area (TPSA) is 95.7 Å². The highest BCUT2D eigenvalue weighted by Gasteiger charge is 2.51. The minimum atomic E-state index is -4.81. The van der Waals surface area contributed by atoms with Crippen LogP contribution in [0.2, 0.25) is 10.0 Å². The molecule has 12 heteroatoms. The lowest BCUT2D eigenvalue weighted by Crippen LogP contribution is -2.40. The zero-order valence-corrected chi connectivity index (χ0v) is 17.0. The van der Waals surface area contributed by atoms with E-state index in [9.17, 15) is 13.2 Å². The highest BCUT2D eigenvalue weighted by molar-refractivity contribution is 7.90. The van der Waals surface area contributed by atoms with Gasteiger partial charge in [-0.2, -0.15) is 8.42 Å². The smallest absolute Gasteiger partial charge is 0.302 e. The number of ketones is 1. The summed E-state index contributed by atoms with van der Waals surface area (Å²) in [4.78, 5) is 12.9. The molecule has 0 aromatic heterocycles. The van der Waals surface area contributed by atoms with E-state index in [0.29, 0.717) is 0 Å². The molecule has 1 aliphatic heterocycles. The number of halogens is 2. The first kappa shape index (κ1) is 21.7. The molecule has 0 spiro atoms. The van der Waals surface area contributed by atoms with Crippen LogP contribution < -0.4 is 5.73 Å². The van der Waals surface area contributed by atoms with Crippen LogP contribution in [0.3, 0.4) is 0 Å². The van der Waals surface area contributed by atoms with Crippen molar-refractivity contribution in [1.29, 1.82) is 0 Å². The fourth-order valence-corrected chi connectivity index (χ4v) is 3.98. The molecule has 0 saturated carbocycles. The monoisotopic (exact) mass is 443 g/mol. The van der Waals surface area contributed by atoms with E-state index in [4.69, 9.17) is 61.4 Å². The van der Waals surface area contributed by atoms with Gasteiger partial charge in [0.1, 0.15) is 7.85 Å². The average molecular weight is 444 g/mol. The molecule has 0 saturated heterocycles. The number of hydrogen-bond donors (Lipinski definition) is 1. The second-order valence-corrected chi connectivity index (χ2v) is 8.78.